The molecule has 1 heterocycles. The first-order valence-electron chi connectivity index (χ1n) is 8.65. The summed E-state index contributed by atoms with van der Waals surface area (Å²) in [5, 5.41) is 2.71. The minimum absolute atomic E-state index is 0.263. The van der Waals surface area contributed by atoms with E-state index < -0.39 is 18.0 Å². The number of carbonyl (C=O) groups is 2. The Morgan fingerprint density at radius 3 is 2.57 bits per heavy atom. The highest BCUT2D eigenvalue weighted by Gasteiger charge is 2.22. The van der Waals surface area contributed by atoms with Gasteiger partial charge in [0.1, 0.15) is 24.5 Å². The van der Waals surface area contributed by atoms with E-state index in [4.69, 9.17) is 18.9 Å². The minimum atomic E-state index is -0.995. The van der Waals surface area contributed by atoms with E-state index in [0.29, 0.717) is 36.1 Å². The van der Waals surface area contributed by atoms with Crippen molar-refractivity contribution in [2.24, 2.45) is 0 Å². The average molecular weight is 403 g/mol. The molecule has 0 bridgehead atoms. The topological polar surface area (TPSA) is 83.1 Å². The van der Waals surface area contributed by atoms with Gasteiger partial charge in [-0.05, 0) is 43.5 Å². The number of benzene rings is 2. The van der Waals surface area contributed by atoms with Crippen LogP contribution in [0.25, 0.3) is 0 Å². The summed E-state index contributed by atoms with van der Waals surface area (Å²) in [7, 11) is 1.48. The molecule has 1 aliphatic heterocycles. The Balaban J connectivity index is 1.65. The summed E-state index contributed by atoms with van der Waals surface area (Å²) in [5.41, 5.74) is 0.790. The highest BCUT2D eigenvalue weighted by atomic mass is 32.2. The van der Waals surface area contributed by atoms with E-state index in [-0.39, 0.29) is 5.56 Å². The van der Waals surface area contributed by atoms with E-state index in [9.17, 15) is 9.59 Å². The van der Waals surface area contributed by atoms with E-state index in [1.54, 1.807) is 36.4 Å². The van der Waals surface area contributed by atoms with Crippen LogP contribution in [0.3, 0.4) is 0 Å². The van der Waals surface area contributed by atoms with Crippen molar-refractivity contribution in [2.75, 3.05) is 31.9 Å². The van der Waals surface area contributed by atoms with Gasteiger partial charge in [-0.15, -0.1) is 11.8 Å². The summed E-state index contributed by atoms with van der Waals surface area (Å²) >= 11 is 1.53. The van der Waals surface area contributed by atoms with Crippen LogP contribution in [-0.4, -0.2) is 44.6 Å². The molecule has 0 saturated heterocycles. The standard InChI is InChI=1S/C20H21NO6S/c1-12(27-20(23)15-6-5-14(28-3)11-17(15)24-2)19(22)21-13-4-7-16-18(10-13)26-9-8-25-16/h4-7,10-12H,8-9H2,1-3H3,(H,21,22)/t12-/m0/s1. The van der Waals surface area contributed by atoms with Gasteiger partial charge in [-0.2, -0.15) is 0 Å². The van der Waals surface area contributed by atoms with Gasteiger partial charge in [0.15, 0.2) is 17.6 Å². The number of ether oxygens (including phenoxy) is 4. The Labute approximate surface area is 167 Å². The highest BCUT2D eigenvalue weighted by Crippen LogP contribution is 2.32. The third-order valence-electron chi connectivity index (χ3n) is 4.09. The van der Waals surface area contributed by atoms with Gasteiger partial charge < -0.3 is 24.3 Å². The smallest absolute Gasteiger partial charge is 0.342 e. The Bertz CT molecular complexity index is 885. The zero-order chi connectivity index (χ0) is 20.1. The van der Waals surface area contributed by atoms with E-state index in [1.807, 2.05) is 6.26 Å². The molecule has 3 rings (SSSR count). The number of hydrogen-bond donors (Lipinski definition) is 1. The lowest BCUT2D eigenvalue weighted by atomic mass is 10.2. The molecule has 0 radical (unpaired) electrons. The minimum Gasteiger partial charge on any atom is -0.496 e. The summed E-state index contributed by atoms with van der Waals surface area (Å²) in [6, 6.07) is 10.3. The molecule has 1 amide bonds. The molecule has 0 saturated carbocycles. The summed E-state index contributed by atoms with van der Waals surface area (Å²) in [5.74, 6) is 0.507. The van der Waals surface area contributed by atoms with Crippen molar-refractivity contribution in [3.63, 3.8) is 0 Å². The third kappa shape index (κ3) is 4.51. The van der Waals surface area contributed by atoms with Gasteiger partial charge in [0.05, 0.1) is 7.11 Å². The SMILES string of the molecule is COc1cc(SC)ccc1C(=O)O[C@@H](C)C(=O)Nc1ccc2c(c1)OCCO2. The summed E-state index contributed by atoms with van der Waals surface area (Å²) < 4.78 is 21.5. The van der Waals surface area contributed by atoms with Gasteiger partial charge in [-0.3, -0.25) is 4.79 Å². The number of amides is 1. The van der Waals surface area contributed by atoms with Crippen molar-refractivity contribution >= 4 is 29.3 Å². The molecule has 28 heavy (non-hydrogen) atoms. The first-order valence-corrected chi connectivity index (χ1v) is 9.88. The number of methoxy groups -OCH3 is 1. The van der Waals surface area contributed by atoms with Gasteiger partial charge in [0.2, 0.25) is 0 Å². The molecule has 1 N–H and O–H groups in total. The van der Waals surface area contributed by atoms with Crippen molar-refractivity contribution in [1.82, 2.24) is 0 Å². The van der Waals surface area contributed by atoms with Gasteiger partial charge in [0.25, 0.3) is 5.91 Å². The average Bonchev–Trinajstić information content (AvgIpc) is 2.72. The van der Waals surface area contributed by atoms with Gasteiger partial charge in [-0.1, -0.05) is 0 Å². The first kappa shape index (κ1) is 19.9. The Morgan fingerprint density at radius 2 is 1.86 bits per heavy atom. The largest absolute Gasteiger partial charge is 0.496 e. The summed E-state index contributed by atoms with van der Waals surface area (Å²) in [6.45, 7) is 2.46. The van der Waals surface area contributed by atoms with E-state index in [2.05, 4.69) is 5.32 Å². The second-order valence-corrected chi connectivity index (χ2v) is 6.84. The number of rotatable bonds is 6. The molecular weight excluding hydrogens is 382 g/mol. The zero-order valence-electron chi connectivity index (χ0n) is 15.8. The lowest BCUT2D eigenvalue weighted by molar-refractivity contribution is -0.123. The number of thioether (sulfide) groups is 1. The number of hydrogen-bond acceptors (Lipinski definition) is 7. The molecule has 0 aliphatic carbocycles. The van der Waals surface area contributed by atoms with Crippen LogP contribution in [0.15, 0.2) is 41.3 Å². The summed E-state index contributed by atoms with van der Waals surface area (Å²) in [4.78, 5) is 25.8. The maximum absolute atomic E-state index is 12.5. The summed E-state index contributed by atoms with van der Waals surface area (Å²) in [6.07, 6.45) is 0.933. The quantitative estimate of drug-likeness (QED) is 0.585. The molecular formula is C20H21NO6S. The van der Waals surface area contributed by atoms with Crippen LogP contribution in [0.4, 0.5) is 5.69 Å². The molecule has 7 nitrogen and oxygen atoms in total. The second kappa shape index (κ2) is 8.88. The molecule has 1 aliphatic rings. The number of esters is 1. The van der Waals surface area contributed by atoms with Crippen molar-refractivity contribution in [2.45, 2.75) is 17.9 Å². The van der Waals surface area contributed by atoms with E-state index in [0.717, 1.165) is 4.90 Å². The van der Waals surface area contributed by atoms with Crippen molar-refractivity contribution < 1.29 is 28.5 Å². The molecule has 0 aromatic heterocycles. The zero-order valence-corrected chi connectivity index (χ0v) is 16.6. The third-order valence-corrected chi connectivity index (χ3v) is 4.82. The van der Waals surface area contributed by atoms with Gasteiger partial charge >= 0.3 is 5.97 Å². The van der Waals surface area contributed by atoms with Crippen molar-refractivity contribution in [3.8, 4) is 17.2 Å². The van der Waals surface area contributed by atoms with Crippen LogP contribution < -0.4 is 19.5 Å². The fourth-order valence-electron chi connectivity index (χ4n) is 2.61. The van der Waals surface area contributed by atoms with Crippen LogP contribution in [-0.2, 0) is 9.53 Å². The predicted molar refractivity (Wildman–Crippen MR) is 106 cm³/mol. The number of carbonyl (C=O) groups excluding carboxylic acids is 2. The number of nitrogens with one attached hydrogen (secondary N) is 1. The maximum atomic E-state index is 12.5. The molecule has 0 unspecified atom stereocenters. The Hall–Kier alpha value is -2.87. The van der Waals surface area contributed by atoms with E-state index in [1.165, 1.54) is 25.8 Å². The molecule has 0 fully saturated rings. The first-order chi connectivity index (χ1) is 13.5. The van der Waals surface area contributed by atoms with Gasteiger partial charge in [0, 0.05) is 16.6 Å². The lowest BCUT2D eigenvalue weighted by Gasteiger charge is -2.19. The predicted octanol–water partition coefficient (Wildman–Crippen LogP) is 3.37. The fraction of sp³-hybridized carbons (Fsp3) is 0.300. The lowest BCUT2D eigenvalue weighted by Crippen LogP contribution is -2.30. The molecule has 8 heteroatoms. The highest BCUT2D eigenvalue weighted by molar-refractivity contribution is 7.98. The number of fused-ring (bicyclic) bond motifs is 1. The van der Waals surface area contributed by atoms with Crippen LogP contribution in [0.1, 0.15) is 17.3 Å². The number of anilines is 1. The normalized spacial score (nSPS) is 13.4. The van der Waals surface area contributed by atoms with E-state index >= 15 is 0 Å². The van der Waals surface area contributed by atoms with Crippen LogP contribution in [0, 0.1) is 0 Å². The monoisotopic (exact) mass is 403 g/mol. The van der Waals surface area contributed by atoms with Crippen LogP contribution in [0.2, 0.25) is 0 Å². The molecule has 1 atom stereocenters. The second-order valence-electron chi connectivity index (χ2n) is 5.96. The molecule has 2 aromatic rings. The fourth-order valence-corrected chi connectivity index (χ4v) is 3.04. The van der Waals surface area contributed by atoms with Crippen molar-refractivity contribution in [1.29, 1.82) is 0 Å². The Morgan fingerprint density at radius 1 is 1.11 bits per heavy atom. The molecule has 2 aromatic carbocycles. The van der Waals surface area contributed by atoms with Crippen LogP contribution >= 0.6 is 11.8 Å². The molecule has 148 valence electrons. The van der Waals surface area contributed by atoms with Gasteiger partial charge in [-0.25, -0.2) is 4.79 Å². The Kier molecular flexibility index (Phi) is 6.30. The maximum Gasteiger partial charge on any atom is 0.342 e. The van der Waals surface area contributed by atoms with Crippen molar-refractivity contribution in [3.05, 3.63) is 42.0 Å². The van der Waals surface area contributed by atoms with Crippen LogP contribution in [0.5, 0.6) is 17.2 Å². The molecule has 0 spiro atoms.